The van der Waals surface area contributed by atoms with E-state index in [9.17, 15) is 19.5 Å². The van der Waals surface area contributed by atoms with Crippen LogP contribution in [0, 0.1) is 23.7 Å². The van der Waals surface area contributed by atoms with Crippen molar-refractivity contribution in [1.29, 1.82) is 0 Å². The molecule has 0 radical (unpaired) electrons. The monoisotopic (exact) mass is 568 g/mol. The topological polar surface area (TPSA) is 108 Å². The fourth-order valence-corrected chi connectivity index (χ4v) is 4.78. The van der Waals surface area contributed by atoms with Gasteiger partial charge in [-0.1, -0.05) is 84.3 Å². The summed E-state index contributed by atoms with van der Waals surface area (Å²) in [5.41, 5.74) is -1.13. The Balaban J connectivity index is 2.69. The van der Waals surface area contributed by atoms with Crippen LogP contribution in [0.3, 0.4) is 0 Å². The summed E-state index contributed by atoms with van der Waals surface area (Å²) in [5, 5.41) is 10.2. The van der Waals surface area contributed by atoms with Crippen molar-refractivity contribution < 1.29 is 39.0 Å². The Morgan fingerprint density at radius 1 is 0.675 bits per heavy atom. The van der Waals surface area contributed by atoms with Crippen LogP contribution in [0.2, 0.25) is 0 Å². The summed E-state index contributed by atoms with van der Waals surface area (Å²) in [5.74, 6) is -3.93. The van der Waals surface area contributed by atoms with E-state index in [4.69, 9.17) is 19.6 Å². The highest BCUT2D eigenvalue weighted by atomic mass is 17.2. The summed E-state index contributed by atoms with van der Waals surface area (Å²) in [6.45, 7) is 13.5. The van der Waals surface area contributed by atoms with Crippen molar-refractivity contribution in [2.75, 3.05) is 0 Å². The highest BCUT2D eigenvalue weighted by molar-refractivity contribution is 5.82. The van der Waals surface area contributed by atoms with Gasteiger partial charge in [0.15, 0.2) is 0 Å². The number of carbonyl (C=O) groups is 3. The van der Waals surface area contributed by atoms with E-state index in [1.54, 1.807) is 0 Å². The molecule has 1 aliphatic carbocycles. The summed E-state index contributed by atoms with van der Waals surface area (Å²) in [6, 6.07) is 0. The molecule has 0 aliphatic heterocycles. The van der Waals surface area contributed by atoms with Crippen molar-refractivity contribution in [2.24, 2.45) is 23.7 Å². The van der Waals surface area contributed by atoms with E-state index in [1.165, 1.54) is 0 Å². The van der Waals surface area contributed by atoms with Gasteiger partial charge in [0.1, 0.15) is 11.2 Å². The van der Waals surface area contributed by atoms with Gasteiger partial charge in [-0.2, -0.15) is 9.78 Å². The minimum Gasteiger partial charge on any atom is -0.481 e. The van der Waals surface area contributed by atoms with Crippen molar-refractivity contribution in [3.8, 4) is 0 Å². The first kappa shape index (κ1) is 36.1. The third kappa shape index (κ3) is 13.6. The summed E-state index contributed by atoms with van der Waals surface area (Å²) in [7, 11) is 0. The molecule has 4 atom stereocenters. The van der Waals surface area contributed by atoms with Crippen molar-refractivity contribution in [1.82, 2.24) is 0 Å². The molecule has 0 aromatic carbocycles. The minimum atomic E-state index is -0.954. The first-order valence-corrected chi connectivity index (χ1v) is 15.6. The highest BCUT2D eigenvalue weighted by Crippen LogP contribution is 2.40. The number of carboxylic acids is 1. The van der Waals surface area contributed by atoms with Gasteiger partial charge in [-0.15, -0.1) is 0 Å². The van der Waals surface area contributed by atoms with Crippen LogP contribution < -0.4 is 0 Å². The van der Waals surface area contributed by atoms with Crippen LogP contribution in [0.15, 0.2) is 12.2 Å². The molecular formula is C32H56O8. The molecule has 1 aliphatic rings. The van der Waals surface area contributed by atoms with Crippen molar-refractivity contribution in [3.63, 3.8) is 0 Å². The Kier molecular flexibility index (Phi) is 16.7. The fraction of sp³-hybridized carbons (Fsp3) is 0.844. The number of unbranched alkanes of at least 4 members (excludes halogenated alkanes) is 7. The van der Waals surface area contributed by atoms with Crippen molar-refractivity contribution in [3.05, 3.63) is 12.2 Å². The molecule has 8 heteroatoms. The Hall–Kier alpha value is -1.93. The average molecular weight is 569 g/mol. The summed E-state index contributed by atoms with van der Waals surface area (Å²) in [6.07, 6.45) is 15.8. The van der Waals surface area contributed by atoms with E-state index in [-0.39, 0.29) is 17.8 Å². The second-order valence-corrected chi connectivity index (χ2v) is 12.5. The maximum atomic E-state index is 13.3. The van der Waals surface area contributed by atoms with Gasteiger partial charge < -0.3 is 5.11 Å². The number of carboxylic acid groups (broad SMARTS) is 1. The van der Waals surface area contributed by atoms with Gasteiger partial charge >= 0.3 is 17.9 Å². The van der Waals surface area contributed by atoms with Crippen LogP contribution in [-0.2, 0) is 33.9 Å². The van der Waals surface area contributed by atoms with E-state index < -0.39 is 35.0 Å². The van der Waals surface area contributed by atoms with Gasteiger partial charge in [0.25, 0.3) is 0 Å². The Labute approximate surface area is 242 Å². The second kappa shape index (κ2) is 18.5. The van der Waals surface area contributed by atoms with Gasteiger partial charge in [-0.25, -0.2) is 9.59 Å². The molecule has 0 aromatic rings. The SMILES string of the molecule is CCCCCCC1C=CC(CCCCCCCC(=O)OOC(C)(C)CC)C(C(=O)OOC(C)(C)CC)C1C(=O)O. The molecule has 0 bridgehead atoms. The number of hydrogen-bond acceptors (Lipinski definition) is 7. The summed E-state index contributed by atoms with van der Waals surface area (Å²) < 4.78 is 0. The van der Waals surface area contributed by atoms with E-state index in [1.807, 2.05) is 53.7 Å². The second-order valence-electron chi connectivity index (χ2n) is 12.5. The molecule has 0 aromatic heterocycles. The van der Waals surface area contributed by atoms with Crippen molar-refractivity contribution in [2.45, 2.75) is 150 Å². The zero-order valence-electron chi connectivity index (χ0n) is 26.2. The normalized spacial score (nSPS) is 21.3. The van der Waals surface area contributed by atoms with Crippen LogP contribution >= 0.6 is 0 Å². The molecule has 0 saturated carbocycles. The first-order valence-electron chi connectivity index (χ1n) is 15.6. The molecule has 0 saturated heterocycles. The lowest BCUT2D eigenvalue weighted by molar-refractivity contribution is -0.329. The maximum Gasteiger partial charge on any atom is 0.346 e. The summed E-state index contributed by atoms with van der Waals surface area (Å²) >= 11 is 0. The van der Waals surface area contributed by atoms with E-state index in [0.29, 0.717) is 19.3 Å². The third-order valence-corrected chi connectivity index (χ3v) is 8.19. The van der Waals surface area contributed by atoms with Gasteiger partial charge in [0, 0.05) is 6.42 Å². The first-order chi connectivity index (χ1) is 18.9. The zero-order chi connectivity index (χ0) is 30.2. The summed E-state index contributed by atoms with van der Waals surface area (Å²) in [4.78, 5) is 58.5. The van der Waals surface area contributed by atoms with Crippen LogP contribution in [0.1, 0.15) is 138 Å². The Bertz CT molecular complexity index is 788. The van der Waals surface area contributed by atoms with Gasteiger partial charge in [-0.05, 0) is 71.6 Å². The zero-order valence-corrected chi connectivity index (χ0v) is 26.2. The number of hydrogen-bond donors (Lipinski definition) is 1. The molecule has 232 valence electrons. The van der Waals surface area contributed by atoms with Gasteiger partial charge in [0.2, 0.25) is 0 Å². The van der Waals surface area contributed by atoms with E-state index >= 15 is 0 Å². The number of aliphatic carboxylic acids is 1. The number of carbonyl (C=O) groups excluding carboxylic acids is 2. The largest absolute Gasteiger partial charge is 0.481 e. The fourth-order valence-electron chi connectivity index (χ4n) is 4.78. The van der Waals surface area contributed by atoms with Crippen molar-refractivity contribution >= 4 is 17.9 Å². The van der Waals surface area contributed by atoms with Crippen LogP contribution in [0.4, 0.5) is 0 Å². The van der Waals surface area contributed by atoms with Gasteiger partial charge in [0.05, 0.1) is 11.8 Å². The van der Waals surface area contributed by atoms with Crippen LogP contribution in [0.25, 0.3) is 0 Å². The minimum absolute atomic E-state index is 0.200. The smallest absolute Gasteiger partial charge is 0.346 e. The molecule has 1 rings (SSSR count). The molecule has 40 heavy (non-hydrogen) atoms. The quantitative estimate of drug-likeness (QED) is 0.0640. The molecule has 0 heterocycles. The standard InChI is InChI=1S/C32H56O8/c1-8-11-12-16-19-24-22-23-25(28(27(24)29(34)35)30(36)38-40-32(6,7)10-3)20-17-14-13-15-18-21-26(33)37-39-31(4,5)9-2/h22-25,27-28H,8-21H2,1-7H3,(H,34,35). The lowest BCUT2D eigenvalue weighted by Crippen LogP contribution is -2.43. The molecular weight excluding hydrogens is 512 g/mol. The Morgan fingerprint density at radius 2 is 1.15 bits per heavy atom. The molecule has 0 spiro atoms. The molecule has 0 amide bonds. The lowest BCUT2D eigenvalue weighted by Gasteiger charge is -2.36. The predicted molar refractivity (Wildman–Crippen MR) is 155 cm³/mol. The predicted octanol–water partition coefficient (Wildman–Crippen LogP) is 8.13. The Morgan fingerprint density at radius 3 is 1.68 bits per heavy atom. The average Bonchev–Trinajstić information content (AvgIpc) is 2.92. The highest BCUT2D eigenvalue weighted by Gasteiger charge is 2.46. The number of allylic oxidation sites excluding steroid dienone is 2. The lowest BCUT2D eigenvalue weighted by atomic mass is 9.67. The molecule has 8 nitrogen and oxygen atoms in total. The van der Waals surface area contributed by atoms with Gasteiger partial charge in [-0.3, -0.25) is 14.6 Å². The molecule has 4 unspecified atom stereocenters. The maximum absolute atomic E-state index is 13.3. The third-order valence-electron chi connectivity index (χ3n) is 8.19. The van der Waals surface area contributed by atoms with E-state index in [0.717, 1.165) is 70.6 Å². The molecule has 1 N–H and O–H groups in total. The van der Waals surface area contributed by atoms with Crippen LogP contribution in [-0.4, -0.2) is 34.2 Å². The number of rotatable bonds is 21. The van der Waals surface area contributed by atoms with E-state index in [2.05, 4.69) is 6.92 Å². The molecule has 0 fully saturated rings. The van der Waals surface area contributed by atoms with Crippen LogP contribution in [0.5, 0.6) is 0 Å².